The van der Waals surface area contributed by atoms with Gasteiger partial charge >= 0.3 is 0 Å². The van der Waals surface area contributed by atoms with E-state index >= 15 is 0 Å². The summed E-state index contributed by atoms with van der Waals surface area (Å²) >= 11 is 0. The summed E-state index contributed by atoms with van der Waals surface area (Å²) in [5.41, 5.74) is 2.14. The van der Waals surface area contributed by atoms with Gasteiger partial charge in [-0.3, -0.25) is 9.48 Å². The Morgan fingerprint density at radius 1 is 1.03 bits per heavy atom. The predicted octanol–water partition coefficient (Wildman–Crippen LogP) is 2.40. The summed E-state index contributed by atoms with van der Waals surface area (Å²) in [6.07, 6.45) is 7.26. The zero-order chi connectivity index (χ0) is 19.6. The maximum atomic E-state index is 12.7. The van der Waals surface area contributed by atoms with Crippen LogP contribution in [0.4, 0.5) is 0 Å². The zero-order valence-corrected chi connectivity index (χ0v) is 16.3. The molecule has 29 heavy (non-hydrogen) atoms. The molecule has 1 atom stereocenters. The van der Waals surface area contributed by atoms with Crippen molar-refractivity contribution in [2.75, 3.05) is 0 Å². The summed E-state index contributed by atoms with van der Waals surface area (Å²) in [4.78, 5) is 14.5. The Kier molecular flexibility index (Phi) is 4.83. The van der Waals surface area contributed by atoms with E-state index in [1.54, 1.807) is 4.80 Å². The van der Waals surface area contributed by atoms with Gasteiger partial charge in [-0.2, -0.15) is 9.90 Å². The maximum absolute atomic E-state index is 12.7. The van der Waals surface area contributed by atoms with Crippen LogP contribution in [0, 0.1) is 5.92 Å². The molecular formula is C21H25N7O. The molecule has 8 heteroatoms. The number of carbonyl (C=O) groups excluding carboxylic acids is 1. The van der Waals surface area contributed by atoms with Crippen molar-refractivity contribution in [3.63, 3.8) is 0 Å². The van der Waals surface area contributed by atoms with E-state index in [2.05, 4.69) is 25.8 Å². The molecule has 0 saturated heterocycles. The maximum Gasteiger partial charge on any atom is 0.223 e. The number of amides is 1. The van der Waals surface area contributed by atoms with E-state index in [9.17, 15) is 4.79 Å². The number of tetrazole rings is 1. The molecule has 2 aromatic heterocycles. The number of rotatable bonds is 4. The molecule has 150 valence electrons. The highest BCUT2D eigenvalue weighted by Gasteiger charge is 2.29. The van der Waals surface area contributed by atoms with Crippen LogP contribution in [0.3, 0.4) is 0 Å². The Morgan fingerprint density at radius 3 is 2.69 bits per heavy atom. The Balaban J connectivity index is 1.14. The van der Waals surface area contributed by atoms with Crippen molar-refractivity contribution in [1.29, 1.82) is 0 Å². The first-order chi connectivity index (χ1) is 14.3. The van der Waals surface area contributed by atoms with Gasteiger partial charge in [0, 0.05) is 42.4 Å². The second-order valence-corrected chi connectivity index (χ2v) is 8.05. The normalized spacial score (nSPS) is 24.1. The smallest absolute Gasteiger partial charge is 0.223 e. The molecule has 8 nitrogen and oxygen atoms in total. The monoisotopic (exact) mass is 391 g/mol. The summed E-state index contributed by atoms with van der Waals surface area (Å²) in [5, 5.41) is 20.6. The average Bonchev–Trinajstić information content (AvgIpc) is 3.44. The Hall–Kier alpha value is -3.03. The minimum Gasteiger partial charge on any atom is -0.353 e. The van der Waals surface area contributed by atoms with E-state index in [-0.39, 0.29) is 23.9 Å². The molecule has 0 spiro atoms. The van der Waals surface area contributed by atoms with E-state index in [1.807, 2.05) is 47.3 Å². The van der Waals surface area contributed by atoms with Gasteiger partial charge in [0.2, 0.25) is 11.7 Å². The lowest BCUT2D eigenvalue weighted by atomic mass is 9.90. The fraction of sp³-hybridized carbons (Fsp3) is 0.476. The van der Waals surface area contributed by atoms with E-state index < -0.39 is 0 Å². The van der Waals surface area contributed by atoms with E-state index in [0.29, 0.717) is 5.82 Å². The molecule has 3 heterocycles. The minimum atomic E-state index is 0.0577. The number of nitrogens with one attached hydrogen (secondary N) is 1. The van der Waals surface area contributed by atoms with Crippen LogP contribution in [0.25, 0.3) is 11.4 Å². The lowest BCUT2D eigenvalue weighted by molar-refractivity contribution is -0.126. The van der Waals surface area contributed by atoms with E-state index in [4.69, 9.17) is 0 Å². The SMILES string of the molecule is O=C(NC1CCC(n2nnc(-c3ccccc3)n2)CC1)C1CCn2nccc2C1. The summed E-state index contributed by atoms with van der Waals surface area (Å²) in [5.74, 6) is 0.908. The van der Waals surface area contributed by atoms with Crippen LogP contribution in [-0.2, 0) is 17.8 Å². The molecule has 0 bridgehead atoms. The average molecular weight is 391 g/mol. The summed E-state index contributed by atoms with van der Waals surface area (Å²) < 4.78 is 2.00. The highest BCUT2D eigenvalue weighted by atomic mass is 16.1. The van der Waals surface area contributed by atoms with Crippen molar-refractivity contribution in [2.24, 2.45) is 5.92 Å². The number of carbonyl (C=O) groups is 1. The van der Waals surface area contributed by atoms with Crippen molar-refractivity contribution in [2.45, 2.75) is 57.2 Å². The fourth-order valence-corrected chi connectivity index (χ4v) is 4.44. The zero-order valence-electron chi connectivity index (χ0n) is 16.3. The van der Waals surface area contributed by atoms with Crippen molar-refractivity contribution in [3.05, 3.63) is 48.3 Å². The van der Waals surface area contributed by atoms with Crippen molar-refractivity contribution in [3.8, 4) is 11.4 Å². The molecule has 1 unspecified atom stereocenters. The first-order valence-electron chi connectivity index (χ1n) is 10.4. The van der Waals surface area contributed by atoms with Crippen LogP contribution in [0.5, 0.6) is 0 Å². The molecular weight excluding hydrogens is 366 g/mol. The summed E-state index contributed by atoms with van der Waals surface area (Å²) in [6.45, 7) is 0.828. The Morgan fingerprint density at radius 2 is 1.86 bits per heavy atom. The minimum absolute atomic E-state index is 0.0577. The van der Waals surface area contributed by atoms with Crippen LogP contribution >= 0.6 is 0 Å². The molecule has 5 rings (SSSR count). The predicted molar refractivity (Wildman–Crippen MR) is 107 cm³/mol. The van der Waals surface area contributed by atoms with Gasteiger partial charge in [-0.15, -0.1) is 10.2 Å². The molecule has 1 aliphatic heterocycles. The number of fused-ring (bicyclic) bond motifs is 1. The summed E-state index contributed by atoms with van der Waals surface area (Å²) in [7, 11) is 0. The van der Waals surface area contributed by atoms with E-state index in [0.717, 1.165) is 56.3 Å². The molecule has 0 radical (unpaired) electrons. The Labute approximate surface area is 169 Å². The number of aromatic nitrogens is 6. The first kappa shape index (κ1) is 18.0. The Bertz CT molecular complexity index is 972. The third kappa shape index (κ3) is 3.79. The van der Waals surface area contributed by atoms with Crippen LogP contribution in [0.2, 0.25) is 0 Å². The highest BCUT2D eigenvalue weighted by molar-refractivity contribution is 5.79. The molecule has 1 aliphatic carbocycles. The van der Waals surface area contributed by atoms with Crippen LogP contribution < -0.4 is 5.32 Å². The quantitative estimate of drug-likeness (QED) is 0.737. The third-order valence-corrected chi connectivity index (χ3v) is 6.15. The van der Waals surface area contributed by atoms with Crippen LogP contribution in [0.1, 0.15) is 43.8 Å². The van der Waals surface area contributed by atoms with Crippen LogP contribution in [-0.4, -0.2) is 41.9 Å². The van der Waals surface area contributed by atoms with Gasteiger partial charge in [0.1, 0.15) is 0 Å². The molecule has 1 aromatic carbocycles. The number of benzene rings is 1. The fourth-order valence-electron chi connectivity index (χ4n) is 4.44. The van der Waals surface area contributed by atoms with Gasteiger partial charge in [-0.25, -0.2) is 0 Å². The number of hydrogen-bond acceptors (Lipinski definition) is 5. The topological polar surface area (TPSA) is 90.5 Å². The van der Waals surface area contributed by atoms with Crippen molar-refractivity contribution >= 4 is 5.91 Å². The third-order valence-electron chi connectivity index (χ3n) is 6.15. The van der Waals surface area contributed by atoms with Crippen molar-refractivity contribution in [1.82, 2.24) is 35.3 Å². The van der Waals surface area contributed by atoms with Gasteiger partial charge in [0.15, 0.2) is 0 Å². The van der Waals surface area contributed by atoms with Gasteiger partial charge < -0.3 is 5.32 Å². The number of hydrogen-bond donors (Lipinski definition) is 1. The number of aryl methyl sites for hydroxylation is 1. The molecule has 3 aromatic rings. The van der Waals surface area contributed by atoms with Gasteiger partial charge in [0.05, 0.1) is 6.04 Å². The molecule has 1 saturated carbocycles. The lowest BCUT2D eigenvalue weighted by Gasteiger charge is -2.30. The standard InChI is InChI=1S/C21H25N7O/c29-21(16-11-13-27-19(14-16)10-12-22-27)23-17-6-8-18(9-7-17)28-25-20(24-26-28)15-4-2-1-3-5-15/h1-5,10,12,16-18H,6-9,11,13-14H2,(H,23,29). The largest absolute Gasteiger partial charge is 0.353 e. The first-order valence-corrected chi connectivity index (χ1v) is 10.4. The molecule has 1 fully saturated rings. The van der Waals surface area contributed by atoms with Gasteiger partial charge in [0.25, 0.3) is 0 Å². The van der Waals surface area contributed by atoms with Gasteiger partial charge in [-0.1, -0.05) is 30.3 Å². The number of nitrogens with zero attached hydrogens (tertiary/aromatic N) is 6. The lowest BCUT2D eigenvalue weighted by Crippen LogP contribution is -2.43. The van der Waals surface area contributed by atoms with Crippen LogP contribution in [0.15, 0.2) is 42.6 Å². The summed E-state index contributed by atoms with van der Waals surface area (Å²) in [6, 6.07) is 12.4. The van der Waals surface area contributed by atoms with Crippen molar-refractivity contribution < 1.29 is 4.79 Å². The second kappa shape index (κ2) is 7.77. The molecule has 1 N–H and O–H groups in total. The molecule has 2 aliphatic rings. The molecule has 1 amide bonds. The van der Waals surface area contributed by atoms with E-state index in [1.165, 1.54) is 0 Å². The highest BCUT2D eigenvalue weighted by Crippen LogP contribution is 2.28. The van der Waals surface area contributed by atoms with Gasteiger partial charge in [-0.05, 0) is 43.4 Å². The second-order valence-electron chi connectivity index (χ2n) is 8.05.